The summed E-state index contributed by atoms with van der Waals surface area (Å²) in [5, 5.41) is 3.83. The molecule has 1 amide bonds. The van der Waals surface area contributed by atoms with Crippen molar-refractivity contribution in [3.8, 4) is 0 Å². The van der Waals surface area contributed by atoms with Gasteiger partial charge in [0.1, 0.15) is 16.6 Å². The van der Waals surface area contributed by atoms with E-state index in [2.05, 4.69) is 32.9 Å². The van der Waals surface area contributed by atoms with Crippen LogP contribution in [0.15, 0.2) is 12.1 Å². The van der Waals surface area contributed by atoms with Crippen molar-refractivity contribution in [2.24, 2.45) is 0 Å². The van der Waals surface area contributed by atoms with Gasteiger partial charge in [0.2, 0.25) is 0 Å². The van der Waals surface area contributed by atoms with Crippen LogP contribution in [0.5, 0.6) is 0 Å². The molecule has 0 radical (unpaired) electrons. The molecule has 22 heavy (non-hydrogen) atoms. The van der Waals surface area contributed by atoms with Crippen molar-refractivity contribution in [3.05, 3.63) is 20.9 Å². The van der Waals surface area contributed by atoms with Crippen LogP contribution < -0.4 is 5.32 Å². The van der Waals surface area contributed by atoms with Gasteiger partial charge in [-0.2, -0.15) is 0 Å². The second-order valence-corrected chi connectivity index (χ2v) is 8.04. The third kappa shape index (κ3) is 5.46. The molecule has 1 aromatic heterocycles. The molecular weight excluding hydrogens is 417 g/mol. The second kappa shape index (κ2) is 7.21. The normalized spacial score (nSPS) is 19.0. The number of pyridine rings is 1. The van der Waals surface area contributed by atoms with Gasteiger partial charge in [-0.25, -0.2) is 9.78 Å². The van der Waals surface area contributed by atoms with Crippen molar-refractivity contribution >= 4 is 46.1 Å². The summed E-state index contributed by atoms with van der Waals surface area (Å²) >= 11 is 8.18. The third-order valence-corrected chi connectivity index (χ3v) is 4.00. The zero-order valence-electron chi connectivity index (χ0n) is 13.0. The molecule has 1 saturated heterocycles. The SMILES string of the molecule is CC(C)(C)OC(=O)N1CCCC(Nc2cc(I)cc(Cl)n2)C1. The first-order valence-corrected chi connectivity index (χ1v) is 8.76. The molecule has 0 spiro atoms. The maximum atomic E-state index is 12.2. The van der Waals surface area contributed by atoms with E-state index in [9.17, 15) is 4.79 Å². The number of amides is 1. The van der Waals surface area contributed by atoms with E-state index in [4.69, 9.17) is 16.3 Å². The molecule has 0 aromatic carbocycles. The molecule has 0 bridgehead atoms. The van der Waals surface area contributed by atoms with Crippen LogP contribution in [0.1, 0.15) is 33.6 Å². The topological polar surface area (TPSA) is 54.5 Å². The van der Waals surface area contributed by atoms with Crippen LogP contribution in [0.25, 0.3) is 0 Å². The van der Waals surface area contributed by atoms with E-state index in [0.29, 0.717) is 11.7 Å². The fraction of sp³-hybridized carbons (Fsp3) is 0.600. The molecule has 1 aliphatic rings. The zero-order valence-corrected chi connectivity index (χ0v) is 15.9. The molecular formula is C15H21ClIN3O2. The Hall–Kier alpha value is -0.760. The highest BCUT2D eigenvalue weighted by atomic mass is 127. The van der Waals surface area contributed by atoms with Gasteiger partial charge in [0.05, 0.1) is 0 Å². The van der Waals surface area contributed by atoms with Crippen LogP contribution in [0.2, 0.25) is 5.15 Å². The summed E-state index contributed by atoms with van der Waals surface area (Å²) in [6.45, 7) is 6.97. The highest BCUT2D eigenvalue weighted by Gasteiger charge is 2.27. The number of carbonyl (C=O) groups is 1. The molecule has 122 valence electrons. The summed E-state index contributed by atoms with van der Waals surface area (Å²) in [6, 6.07) is 3.91. The Bertz CT molecular complexity index is 528. The Morgan fingerprint density at radius 1 is 1.50 bits per heavy atom. The van der Waals surface area contributed by atoms with E-state index in [-0.39, 0.29) is 12.1 Å². The number of piperidine rings is 1. The molecule has 1 aromatic rings. The van der Waals surface area contributed by atoms with Gasteiger partial charge >= 0.3 is 6.09 Å². The van der Waals surface area contributed by atoms with Gasteiger partial charge in [-0.15, -0.1) is 0 Å². The highest BCUT2D eigenvalue weighted by Crippen LogP contribution is 2.20. The number of halogens is 2. The Morgan fingerprint density at radius 3 is 2.86 bits per heavy atom. The Morgan fingerprint density at radius 2 is 2.23 bits per heavy atom. The first-order valence-electron chi connectivity index (χ1n) is 7.30. The van der Waals surface area contributed by atoms with E-state index in [1.807, 2.05) is 26.8 Å². The van der Waals surface area contributed by atoms with Crippen LogP contribution in [0.4, 0.5) is 10.6 Å². The number of carbonyl (C=O) groups excluding carboxylic acids is 1. The molecule has 0 saturated carbocycles. The molecule has 2 heterocycles. The summed E-state index contributed by atoms with van der Waals surface area (Å²) < 4.78 is 6.46. The van der Waals surface area contributed by atoms with Crippen LogP contribution in [-0.4, -0.2) is 40.7 Å². The number of ether oxygens (including phenoxy) is 1. The van der Waals surface area contributed by atoms with Crippen LogP contribution in [-0.2, 0) is 4.74 Å². The van der Waals surface area contributed by atoms with Gasteiger partial charge in [0.15, 0.2) is 0 Å². The molecule has 1 atom stereocenters. The molecule has 0 aliphatic carbocycles. The summed E-state index contributed by atoms with van der Waals surface area (Å²) in [5.41, 5.74) is -0.470. The van der Waals surface area contributed by atoms with Crippen molar-refractivity contribution in [1.29, 1.82) is 0 Å². The van der Waals surface area contributed by atoms with E-state index in [1.165, 1.54) is 0 Å². The molecule has 5 nitrogen and oxygen atoms in total. The number of anilines is 1. The largest absolute Gasteiger partial charge is 0.444 e. The quantitative estimate of drug-likeness (QED) is 0.558. The van der Waals surface area contributed by atoms with Crippen molar-refractivity contribution in [2.45, 2.75) is 45.3 Å². The average Bonchev–Trinajstić information content (AvgIpc) is 2.35. The van der Waals surface area contributed by atoms with Gasteiger partial charge in [0.25, 0.3) is 0 Å². The number of hydrogen-bond donors (Lipinski definition) is 1. The Kier molecular flexibility index (Phi) is 5.76. The summed E-state index contributed by atoms with van der Waals surface area (Å²) in [5.74, 6) is 0.743. The predicted octanol–water partition coefficient (Wildman–Crippen LogP) is 4.15. The highest BCUT2D eigenvalue weighted by molar-refractivity contribution is 14.1. The van der Waals surface area contributed by atoms with Crippen LogP contribution in [0.3, 0.4) is 0 Å². The number of rotatable bonds is 2. The minimum absolute atomic E-state index is 0.156. The fourth-order valence-corrected chi connectivity index (χ4v) is 3.32. The molecule has 1 aliphatic heterocycles. The van der Waals surface area contributed by atoms with Crippen molar-refractivity contribution < 1.29 is 9.53 Å². The molecule has 2 rings (SSSR count). The maximum Gasteiger partial charge on any atom is 0.410 e. The third-order valence-electron chi connectivity index (χ3n) is 3.18. The standard InChI is InChI=1S/C15H21ClIN3O2/c1-15(2,3)22-14(21)20-6-4-5-11(9-20)18-13-8-10(17)7-12(16)19-13/h7-8,11H,4-6,9H2,1-3H3,(H,18,19). The van der Waals surface area contributed by atoms with Crippen LogP contribution >= 0.6 is 34.2 Å². The summed E-state index contributed by atoms with van der Waals surface area (Å²) in [7, 11) is 0. The van der Waals surface area contributed by atoms with E-state index >= 15 is 0 Å². The van der Waals surface area contributed by atoms with Crippen molar-refractivity contribution in [2.75, 3.05) is 18.4 Å². The lowest BCUT2D eigenvalue weighted by molar-refractivity contribution is 0.0206. The zero-order chi connectivity index (χ0) is 16.3. The number of aromatic nitrogens is 1. The Labute approximate surface area is 149 Å². The fourth-order valence-electron chi connectivity index (χ4n) is 2.34. The lowest BCUT2D eigenvalue weighted by Gasteiger charge is -2.34. The van der Waals surface area contributed by atoms with Gasteiger partial charge < -0.3 is 15.0 Å². The lowest BCUT2D eigenvalue weighted by atomic mass is 10.1. The monoisotopic (exact) mass is 437 g/mol. The number of likely N-dealkylation sites (tertiary alicyclic amines) is 1. The smallest absolute Gasteiger partial charge is 0.410 e. The molecule has 1 unspecified atom stereocenters. The minimum Gasteiger partial charge on any atom is -0.444 e. The number of nitrogens with one attached hydrogen (secondary N) is 1. The summed E-state index contributed by atoms with van der Waals surface area (Å²) in [6.07, 6.45) is 1.67. The first-order chi connectivity index (χ1) is 10.2. The lowest BCUT2D eigenvalue weighted by Crippen LogP contribution is -2.47. The average molecular weight is 438 g/mol. The number of nitrogens with zero attached hydrogens (tertiary/aromatic N) is 2. The van der Waals surface area contributed by atoms with E-state index in [1.54, 1.807) is 11.0 Å². The molecule has 7 heteroatoms. The van der Waals surface area contributed by atoms with Gasteiger partial charge in [-0.3, -0.25) is 0 Å². The van der Waals surface area contributed by atoms with Crippen molar-refractivity contribution in [1.82, 2.24) is 9.88 Å². The van der Waals surface area contributed by atoms with E-state index < -0.39 is 5.60 Å². The van der Waals surface area contributed by atoms with Gasteiger partial charge in [0, 0.05) is 22.7 Å². The van der Waals surface area contributed by atoms with Gasteiger partial charge in [-0.1, -0.05) is 11.6 Å². The number of hydrogen-bond acceptors (Lipinski definition) is 4. The predicted molar refractivity (Wildman–Crippen MR) is 96.4 cm³/mol. The van der Waals surface area contributed by atoms with Gasteiger partial charge in [-0.05, 0) is 68.3 Å². The molecule has 1 N–H and O–H groups in total. The van der Waals surface area contributed by atoms with Crippen LogP contribution in [0, 0.1) is 3.57 Å². The Balaban J connectivity index is 1.97. The maximum absolute atomic E-state index is 12.2. The molecule has 1 fully saturated rings. The van der Waals surface area contributed by atoms with E-state index in [0.717, 1.165) is 28.8 Å². The minimum atomic E-state index is -0.470. The first kappa shape index (κ1) is 17.6. The second-order valence-electron chi connectivity index (χ2n) is 6.40. The van der Waals surface area contributed by atoms with Crippen molar-refractivity contribution in [3.63, 3.8) is 0 Å². The summed E-state index contributed by atoms with van der Waals surface area (Å²) in [4.78, 5) is 18.2.